The summed E-state index contributed by atoms with van der Waals surface area (Å²) >= 11 is 6.80. The maximum Gasteiger partial charge on any atom is 0.136 e. The van der Waals surface area contributed by atoms with E-state index < -0.39 is 0 Å². The van der Waals surface area contributed by atoms with E-state index in [-0.39, 0.29) is 11.6 Å². The normalized spacial score (nSPS) is 10.7. The number of benzene rings is 4. The molecule has 144 valence electrons. The Balaban J connectivity index is 0.000000141. The van der Waals surface area contributed by atoms with Crippen LogP contribution in [0.25, 0.3) is 33.1 Å². The van der Waals surface area contributed by atoms with E-state index in [1.165, 1.54) is 12.1 Å². The van der Waals surface area contributed by atoms with Gasteiger partial charge in [-0.15, -0.1) is 0 Å². The molecular weight excluding hydrogens is 499 g/mol. The molecule has 5 heteroatoms. The monoisotopic (exact) mass is 512 g/mol. The third-order valence-corrected chi connectivity index (χ3v) is 5.81. The molecule has 5 aromatic rings. The molecule has 0 aliphatic rings. The highest BCUT2D eigenvalue weighted by Crippen LogP contribution is 2.36. The second-order valence-corrected chi connectivity index (χ2v) is 8.03. The molecule has 29 heavy (non-hydrogen) atoms. The van der Waals surface area contributed by atoms with Crippen molar-refractivity contribution in [2.24, 2.45) is 0 Å². The largest absolute Gasteiger partial charge is 0.507 e. The summed E-state index contributed by atoms with van der Waals surface area (Å²) in [4.78, 5) is 0. The fourth-order valence-corrected chi connectivity index (χ4v) is 4.29. The number of aromatic hydroxyl groups is 1. The van der Waals surface area contributed by atoms with Crippen LogP contribution in [-0.2, 0) is 0 Å². The fourth-order valence-electron chi connectivity index (χ4n) is 3.17. The van der Waals surface area contributed by atoms with Gasteiger partial charge in [-0.25, -0.2) is 4.39 Å². The summed E-state index contributed by atoms with van der Waals surface area (Å²) in [6.07, 6.45) is 0. The average molecular weight is 514 g/mol. The van der Waals surface area contributed by atoms with Gasteiger partial charge in [-0.3, -0.25) is 0 Å². The van der Waals surface area contributed by atoms with Crippen LogP contribution in [0.1, 0.15) is 0 Å². The van der Waals surface area contributed by atoms with Crippen LogP contribution in [0, 0.1) is 5.82 Å². The minimum Gasteiger partial charge on any atom is -0.507 e. The third-order valence-electron chi connectivity index (χ3n) is 4.49. The van der Waals surface area contributed by atoms with Crippen molar-refractivity contribution in [1.82, 2.24) is 0 Å². The van der Waals surface area contributed by atoms with Crippen molar-refractivity contribution in [3.63, 3.8) is 0 Å². The van der Waals surface area contributed by atoms with E-state index in [1.807, 2.05) is 36.4 Å². The van der Waals surface area contributed by atoms with Gasteiger partial charge in [0.1, 0.15) is 22.7 Å². The van der Waals surface area contributed by atoms with Crippen LogP contribution in [0.5, 0.6) is 5.75 Å². The highest BCUT2D eigenvalue weighted by Gasteiger charge is 2.12. The molecule has 1 heterocycles. The SMILES string of the molecule is Brc1cccc2oc3ccccc3c12.Oc1ccccc1-c1c(F)cccc1Br. The Kier molecular flexibility index (Phi) is 5.69. The summed E-state index contributed by atoms with van der Waals surface area (Å²) in [6, 6.07) is 25.5. The molecule has 0 bridgehead atoms. The van der Waals surface area contributed by atoms with Crippen LogP contribution < -0.4 is 0 Å². The van der Waals surface area contributed by atoms with E-state index in [0.717, 1.165) is 26.4 Å². The van der Waals surface area contributed by atoms with E-state index in [0.29, 0.717) is 15.6 Å². The first-order valence-electron chi connectivity index (χ1n) is 8.84. The lowest BCUT2D eigenvalue weighted by molar-refractivity contribution is 0.476. The molecule has 4 aromatic carbocycles. The lowest BCUT2D eigenvalue weighted by Gasteiger charge is -2.07. The van der Waals surface area contributed by atoms with Gasteiger partial charge in [0.05, 0.1) is 0 Å². The quantitative estimate of drug-likeness (QED) is 0.244. The van der Waals surface area contributed by atoms with E-state index in [9.17, 15) is 9.50 Å². The van der Waals surface area contributed by atoms with Gasteiger partial charge in [0.2, 0.25) is 0 Å². The smallest absolute Gasteiger partial charge is 0.136 e. The Morgan fingerprint density at radius 3 is 2.14 bits per heavy atom. The first-order chi connectivity index (χ1) is 14.1. The summed E-state index contributed by atoms with van der Waals surface area (Å²) < 4.78 is 21.0. The first-order valence-corrected chi connectivity index (χ1v) is 10.4. The molecule has 0 spiro atoms. The summed E-state index contributed by atoms with van der Waals surface area (Å²) in [6.45, 7) is 0. The maximum absolute atomic E-state index is 13.6. The van der Waals surface area contributed by atoms with Crippen LogP contribution in [0.4, 0.5) is 4.39 Å². The molecule has 0 aliphatic heterocycles. The lowest BCUT2D eigenvalue weighted by Crippen LogP contribution is -1.86. The molecule has 0 atom stereocenters. The second kappa shape index (κ2) is 8.39. The molecule has 0 amide bonds. The summed E-state index contributed by atoms with van der Waals surface area (Å²) in [5.41, 5.74) is 2.74. The predicted octanol–water partition coefficient (Wildman–Crippen LogP) is 8.31. The number of phenolic OH excluding ortho intramolecular Hbond substituents is 1. The molecule has 0 fully saturated rings. The zero-order chi connectivity index (χ0) is 20.4. The molecule has 5 rings (SSSR count). The Bertz CT molecular complexity index is 1290. The van der Waals surface area contributed by atoms with Crippen molar-refractivity contribution in [2.45, 2.75) is 0 Å². The molecule has 0 unspecified atom stereocenters. The highest BCUT2D eigenvalue weighted by molar-refractivity contribution is 9.11. The lowest BCUT2D eigenvalue weighted by atomic mass is 10.0. The van der Waals surface area contributed by atoms with Gasteiger partial charge >= 0.3 is 0 Å². The topological polar surface area (TPSA) is 33.4 Å². The van der Waals surface area contributed by atoms with Crippen molar-refractivity contribution in [3.05, 3.63) is 99.7 Å². The van der Waals surface area contributed by atoms with Crippen LogP contribution in [0.3, 0.4) is 0 Å². The van der Waals surface area contributed by atoms with Gasteiger partial charge in [0, 0.05) is 30.8 Å². The van der Waals surface area contributed by atoms with Crippen LogP contribution >= 0.6 is 31.9 Å². The number of rotatable bonds is 1. The van der Waals surface area contributed by atoms with E-state index in [1.54, 1.807) is 30.3 Å². The summed E-state index contributed by atoms with van der Waals surface area (Å²) in [5.74, 6) is -0.283. The fraction of sp³-hybridized carbons (Fsp3) is 0. The Hall–Kier alpha value is -2.63. The van der Waals surface area contributed by atoms with Crippen molar-refractivity contribution in [1.29, 1.82) is 0 Å². The molecule has 0 saturated heterocycles. The highest BCUT2D eigenvalue weighted by atomic mass is 79.9. The summed E-state index contributed by atoms with van der Waals surface area (Å²) in [7, 11) is 0. The number of halogens is 3. The molecule has 1 aromatic heterocycles. The van der Waals surface area contributed by atoms with E-state index in [4.69, 9.17) is 4.42 Å². The molecular formula is C24H15Br2FO2. The van der Waals surface area contributed by atoms with Crippen molar-refractivity contribution in [3.8, 4) is 16.9 Å². The standard InChI is InChI=1S/C12H8BrFO.C12H7BrO/c13-9-5-3-6-10(14)12(9)8-4-1-2-7-11(8)15;13-9-5-3-7-11-12(9)8-4-1-2-6-10(8)14-11/h1-7,15H;1-7H. The number of phenols is 1. The van der Waals surface area contributed by atoms with E-state index >= 15 is 0 Å². The van der Waals surface area contributed by atoms with Crippen molar-refractivity contribution >= 4 is 53.8 Å². The second-order valence-electron chi connectivity index (χ2n) is 6.33. The van der Waals surface area contributed by atoms with E-state index in [2.05, 4.69) is 37.9 Å². The van der Waals surface area contributed by atoms with Crippen LogP contribution in [-0.4, -0.2) is 5.11 Å². The zero-order valence-corrected chi connectivity index (χ0v) is 18.2. The molecule has 0 radical (unpaired) electrons. The van der Waals surface area contributed by atoms with Gasteiger partial charge in [-0.1, -0.05) is 80.4 Å². The molecule has 0 saturated carbocycles. The van der Waals surface area contributed by atoms with Crippen LogP contribution in [0.15, 0.2) is 98.3 Å². The third kappa shape index (κ3) is 3.93. The van der Waals surface area contributed by atoms with Crippen molar-refractivity contribution < 1.29 is 13.9 Å². The van der Waals surface area contributed by atoms with Crippen LogP contribution in [0.2, 0.25) is 0 Å². The number of hydrogen-bond acceptors (Lipinski definition) is 2. The number of fused-ring (bicyclic) bond motifs is 3. The number of hydrogen-bond donors (Lipinski definition) is 1. The van der Waals surface area contributed by atoms with Gasteiger partial charge in [-0.2, -0.15) is 0 Å². The minimum absolute atomic E-state index is 0.0725. The Labute approximate surface area is 183 Å². The number of para-hydroxylation sites is 2. The van der Waals surface area contributed by atoms with Gasteiger partial charge in [0.25, 0.3) is 0 Å². The number of furan rings is 1. The van der Waals surface area contributed by atoms with Gasteiger partial charge in [0.15, 0.2) is 0 Å². The Morgan fingerprint density at radius 2 is 1.34 bits per heavy atom. The van der Waals surface area contributed by atoms with Gasteiger partial charge in [-0.05, 0) is 36.4 Å². The minimum atomic E-state index is -0.356. The zero-order valence-electron chi connectivity index (χ0n) is 15.1. The molecule has 2 nitrogen and oxygen atoms in total. The average Bonchev–Trinajstić information content (AvgIpc) is 3.10. The molecule has 1 N–H and O–H groups in total. The maximum atomic E-state index is 13.6. The van der Waals surface area contributed by atoms with Gasteiger partial charge < -0.3 is 9.52 Å². The molecule has 0 aliphatic carbocycles. The summed E-state index contributed by atoms with van der Waals surface area (Å²) in [5, 5.41) is 11.9. The Morgan fingerprint density at radius 1 is 0.690 bits per heavy atom. The predicted molar refractivity (Wildman–Crippen MR) is 123 cm³/mol. The van der Waals surface area contributed by atoms with Crippen molar-refractivity contribution in [2.75, 3.05) is 0 Å². The first kappa shape index (κ1) is 19.7.